The Morgan fingerprint density at radius 3 is 2.15 bits per heavy atom. The predicted molar refractivity (Wildman–Crippen MR) is 95.9 cm³/mol. The van der Waals surface area contributed by atoms with E-state index in [1.54, 1.807) is 48.5 Å². The van der Waals surface area contributed by atoms with Crippen LogP contribution in [0.15, 0.2) is 48.5 Å². The number of ether oxygens (including phenoxy) is 1. The van der Waals surface area contributed by atoms with Gasteiger partial charge in [-0.2, -0.15) is 0 Å². The number of anilines is 1. The van der Waals surface area contributed by atoms with Crippen molar-refractivity contribution in [2.75, 3.05) is 18.0 Å². The number of hydrogen-bond donors (Lipinski definition) is 0. The lowest BCUT2D eigenvalue weighted by Gasteiger charge is -2.17. The molecule has 4 rings (SSSR count). The van der Waals surface area contributed by atoms with Crippen molar-refractivity contribution < 1.29 is 23.9 Å². The fraction of sp³-hybridized carbons (Fsp3) is 0.200. The van der Waals surface area contributed by atoms with Crippen molar-refractivity contribution in [3.05, 3.63) is 65.2 Å². The minimum Gasteiger partial charge on any atom is -0.442 e. The van der Waals surface area contributed by atoms with Gasteiger partial charge in [0.15, 0.2) is 5.78 Å². The molecular weight excluding hydrogens is 348 g/mol. The van der Waals surface area contributed by atoms with Crippen LogP contribution in [0.25, 0.3) is 0 Å². The summed E-state index contributed by atoms with van der Waals surface area (Å²) in [6.07, 6.45) is -1.17. The maximum atomic E-state index is 12.4. The van der Waals surface area contributed by atoms with Crippen LogP contribution in [-0.2, 0) is 4.74 Å². The lowest BCUT2D eigenvalue weighted by Crippen LogP contribution is -2.38. The van der Waals surface area contributed by atoms with Crippen molar-refractivity contribution >= 4 is 29.4 Å². The second-order valence-electron chi connectivity index (χ2n) is 6.49. The zero-order chi connectivity index (χ0) is 19.1. The maximum Gasteiger partial charge on any atom is 0.414 e. The number of fused-ring (bicyclic) bond motifs is 1. The van der Waals surface area contributed by atoms with Crippen LogP contribution in [0.4, 0.5) is 10.5 Å². The fourth-order valence-corrected chi connectivity index (χ4v) is 3.31. The number of carbonyl (C=O) groups is 4. The van der Waals surface area contributed by atoms with Crippen molar-refractivity contribution in [2.45, 2.75) is 13.0 Å². The van der Waals surface area contributed by atoms with Crippen LogP contribution in [0.5, 0.6) is 0 Å². The predicted octanol–water partition coefficient (Wildman–Crippen LogP) is 2.51. The number of imide groups is 1. The van der Waals surface area contributed by atoms with Gasteiger partial charge < -0.3 is 4.74 Å². The summed E-state index contributed by atoms with van der Waals surface area (Å²) >= 11 is 0. The molecule has 27 heavy (non-hydrogen) atoms. The highest BCUT2D eigenvalue weighted by Crippen LogP contribution is 2.26. The van der Waals surface area contributed by atoms with Crippen molar-refractivity contribution in [1.29, 1.82) is 0 Å². The Morgan fingerprint density at radius 2 is 1.59 bits per heavy atom. The van der Waals surface area contributed by atoms with E-state index in [0.29, 0.717) is 22.4 Å². The van der Waals surface area contributed by atoms with E-state index in [4.69, 9.17) is 4.74 Å². The third-order valence-corrected chi connectivity index (χ3v) is 4.72. The average Bonchev–Trinajstić information content (AvgIpc) is 3.15. The van der Waals surface area contributed by atoms with Crippen LogP contribution in [0.3, 0.4) is 0 Å². The zero-order valence-corrected chi connectivity index (χ0v) is 14.5. The monoisotopic (exact) mass is 364 g/mol. The molecule has 1 atom stereocenters. The molecule has 0 saturated carbocycles. The fourth-order valence-electron chi connectivity index (χ4n) is 3.31. The summed E-state index contributed by atoms with van der Waals surface area (Å²) in [5.41, 5.74) is 1.87. The number of amides is 3. The van der Waals surface area contributed by atoms with E-state index in [1.807, 2.05) is 0 Å². The highest BCUT2D eigenvalue weighted by atomic mass is 16.6. The average molecular weight is 364 g/mol. The Balaban J connectivity index is 1.48. The second kappa shape index (κ2) is 6.35. The normalized spacial score (nSPS) is 18.7. The summed E-state index contributed by atoms with van der Waals surface area (Å²) < 4.78 is 5.34. The first kappa shape index (κ1) is 17.0. The smallest absolute Gasteiger partial charge is 0.414 e. The molecule has 2 aromatic rings. The topological polar surface area (TPSA) is 84.0 Å². The third kappa shape index (κ3) is 2.87. The number of nitrogens with zero attached hydrogens (tertiary/aromatic N) is 2. The van der Waals surface area contributed by atoms with E-state index in [2.05, 4.69) is 0 Å². The Morgan fingerprint density at radius 1 is 1.00 bits per heavy atom. The summed E-state index contributed by atoms with van der Waals surface area (Å²) in [6, 6.07) is 13.2. The molecule has 136 valence electrons. The van der Waals surface area contributed by atoms with Crippen molar-refractivity contribution in [1.82, 2.24) is 4.90 Å². The lowest BCUT2D eigenvalue weighted by molar-refractivity contribution is 0.0558. The van der Waals surface area contributed by atoms with E-state index >= 15 is 0 Å². The zero-order valence-electron chi connectivity index (χ0n) is 14.5. The summed E-state index contributed by atoms with van der Waals surface area (Å²) in [7, 11) is 0. The molecule has 1 unspecified atom stereocenters. The molecule has 0 bridgehead atoms. The van der Waals surface area contributed by atoms with Gasteiger partial charge in [-0.15, -0.1) is 0 Å². The van der Waals surface area contributed by atoms with E-state index in [0.717, 1.165) is 4.90 Å². The number of Topliss-reactive ketones (excluding diaryl/α,β-unsaturated/α-hetero) is 1. The van der Waals surface area contributed by atoms with Gasteiger partial charge in [0.1, 0.15) is 6.10 Å². The Hall–Kier alpha value is -3.48. The van der Waals surface area contributed by atoms with Gasteiger partial charge in [-0.05, 0) is 43.3 Å². The minimum atomic E-state index is -0.618. The first-order valence-corrected chi connectivity index (χ1v) is 8.50. The molecule has 1 saturated heterocycles. The van der Waals surface area contributed by atoms with Gasteiger partial charge in [0.05, 0.1) is 24.2 Å². The van der Waals surface area contributed by atoms with Gasteiger partial charge in [0.25, 0.3) is 11.8 Å². The van der Waals surface area contributed by atoms with Gasteiger partial charge in [0.2, 0.25) is 0 Å². The van der Waals surface area contributed by atoms with E-state index < -0.39 is 12.2 Å². The van der Waals surface area contributed by atoms with Crippen LogP contribution in [-0.4, -0.2) is 47.8 Å². The van der Waals surface area contributed by atoms with Crippen molar-refractivity contribution in [2.24, 2.45) is 0 Å². The number of ketones is 1. The van der Waals surface area contributed by atoms with Crippen LogP contribution in [0.2, 0.25) is 0 Å². The van der Waals surface area contributed by atoms with E-state index in [9.17, 15) is 19.2 Å². The Kier molecular flexibility index (Phi) is 3.99. The molecule has 2 heterocycles. The number of rotatable bonds is 4. The summed E-state index contributed by atoms with van der Waals surface area (Å²) in [4.78, 5) is 51.0. The van der Waals surface area contributed by atoms with Gasteiger partial charge in [0, 0.05) is 11.3 Å². The molecule has 0 spiro atoms. The largest absolute Gasteiger partial charge is 0.442 e. The molecule has 3 amide bonds. The Bertz CT molecular complexity index is 932. The Labute approximate surface area is 155 Å². The number of benzene rings is 2. The van der Waals surface area contributed by atoms with Gasteiger partial charge in [-0.3, -0.25) is 24.2 Å². The maximum absolute atomic E-state index is 12.4. The molecule has 0 radical (unpaired) electrons. The van der Waals surface area contributed by atoms with Crippen LogP contribution in [0.1, 0.15) is 38.0 Å². The molecule has 7 nitrogen and oxygen atoms in total. The number of carbonyl (C=O) groups excluding carboxylic acids is 4. The molecule has 2 aliphatic heterocycles. The SMILES string of the molecule is CC(=O)c1ccc(N2CC(CN3C(=O)c4ccccc4C3=O)OC2=O)cc1. The van der Waals surface area contributed by atoms with Gasteiger partial charge >= 0.3 is 6.09 Å². The molecule has 1 fully saturated rings. The van der Waals surface area contributed by atoms with Crippen LogP contribution in [0, 0.1) is 0 Å². The number of cyclic esters (lactones) is 1. The van der Waals surface area contributed by atoms with Gasteiger partial charge in [-0.25, -0.2) is 4.79 Å². The molecule has 0 aliphatic carbocycles. The summed E-state index contributed by atoms with van der Waals surface area (Å²) in [5, 5.41) is 0. The molecule has 2 aromatic carbocycles. The van der Waals surface area contributed by atoms with Crippen molar-refractivity contribution in [3.8, 4) is 0 Å². The van der Waals surface area contributed by atoms with Crippen LogP contribution < -0.4 is 4.90 Å². The van der Waals surface area contributed by atoms with E-state index in [-0.39, 0.29) is 30.7 Å². The lowest BCUT2D eigenvalue weighted by atomic mass is 10.1. The highest BCUT2D eigenvalue weighted by Gasteiger charge is 2.40. The highest BCUT2D eigenvalue weighted by molar-refractivity contribution is 6.21. The second-order valence-corrected chi connectivity index (χ2v) is 6.49. The molecule has 0 aromatic heterocycles. The number of hydrogen-bond acceptors (Lipinski definition) is 5. The van der Waals surface area contributed by atoms with Gasteiger partial charge in [-0.1, -0.05) is 12.1 Å². The summed E-state index contributed by atoms with van der Waals surface area (Å²) in [5.74, 6) is -0.819. The third-order valence-electron chi connectivity index (χ3n) is 4.72. The summed E-state index contributed by atoms with van der Waals surface area (Å²) in [6.45, 7) is 1.68. The van der Waals surface area contributed by atoms with E-state index in [1.165, 1.54) is 11.8 Å². The standard InChI is InChI=1S/C20H16N2O5/c1-12(23)13-6-8-14(9-7-13)21-10-15(27-20(21)26)11-22-18(24)16-4-2-3-5-17(16)19(22)25/h2-9,15H,10-11H2,1H3. The quantitative estimate of drug-likeness (QED) is 0.615. The first-order valence-electron chi connectivity index (χ1n) is 8.50. The molecule has 0 N–H and O–H groups in total. The van der Waals surface area contributed by atoms with Crippen molar-refractivity contribution in [3.63, 3.8) is 0 Å². The first-order chi connectivity index (χ1) is 13.0. The minimum absolute atomic E-state index is 0.000115. The molecule has 2 aliphatic rings. The molecular formula is C20H16N2O5. The van der Waals surface area contributed by atoms with Crippen LogP contribution >= 0.6 is 0 Å². The molecule has 7 heteroatoms.